The summed E-state index contributed by atoms with van der Waals surface area (Å²) >= 11 is 0. The Labute approximate surface area is 103 Å². The summed E-state index contributed by atoms with van der Waals surface area (Å²) in [7, 11) is 0. The first kappa shape index (κ1) is 11.9. The zero-order valence-electron chi connectivity index (χ0n) is 10.6. The number of anilines is 1. The smallest absolute Gasteiger partial charge is 0.0722 e. The van der Waals surface area contributed by atoms with Gasteiger partial charge in [-0.15, -0.1) is 0 Å². The van der Waals surface area contributed by atoms with Crippen LogP contribution in [0.1, 0.15) is 26.7 Å². The molecule has 0 spiro atoms. The van der Waals surface area contributed by atoms with Crippen molar-refractivity contribution in [2.24, 2.45) is 5.92 Å². The summed E-state index contributed by atoms with van der Waals surface area (Å²) in [4.78, 5) is 4.37. The molecular weight excluding hydrogens is 208 g/mol. The molecule has 0 amide bonds. The zero-order chi connectivity index (χ0) is 12.1. The number of pyridine rings is 1. The molecule has 1 unspecified atom stereocenters. The topological polar surface area (TPSA) is 24.9 Å². The van der Waals surface area contributed by atoms with Crippen LogP contribution < -0.4 is 5.32 Å². The normalized spacial score (nSPS) is 12.6. The number of benzene rings is 1. The molecule has 2 rings (SSSR count). The zero-order valence-corrected chi connectivity index (χ0v) is 10.6. The summed E-state index contributed by atoms with van der Waals surface area (Å²) in [6.45, 7) is 5.56. The van der Waals surface area contributed by atoms with Gasteiger partial charge in [-0.3, -0.25) is 4.98 Å². The lowest BCUT2D eigenvalue weighted by atomic mass is 10.1. The lowest BCUT2D eigenvalue weighted by Gasteiger charge is -2.14. The molecule has 1 aromatic carbocycles. The van der Waals surface area contributed by atoms with Gasteiger partial charge in [0.1, 0.15) is 0 Å². The SMILES string of the molecule is CCCC(C)CNc1cccc2ncccc12. The van der Waals surface area contributed by atoms with E-state index in [0.29, 0.717) is 5.92 Å². The standard InChI is InChI=1S/C15H20N2/c1-3-6-12(2)11-17-15-9-4-8-14-13(15)7-5-10-16-14/h4-5,7-10,12,17H,3,6,11H2,1-2H3. The highest BCUT2D eigenvalue weighted by atomic mass is 14.9. The van der Waals surface area contributed by atoms with E-state index in [1.54, 1.807) is 0 Å². The first-order valence-corrected chi connectivity index (χ1v) is 6.39. The molecule has 0 aliphatic carbocycles. The molecule has 1 atom stereocenters. The highest BCUT2D eigenvalue weighted by molar-refractivity contribution is 5.91. The van der Waals surface area contributed by atoms with Crippen molar-refractivity contribution in [1.29, 1.82) is 0 Å². The van der Waals surface area contributed by atoms with Gasteiger partial charge >= 0.3 is 0 Å². The number of fused-ring (bicyclic) bond motifs is 1. The van der Waals surface area contributed by atoms with Crippen molar-refractivity contribution in [1.82, 2.24) is 4.98 Å². The largest absolute Gasteiger partial charge is 0.384 e. The fourth-order valence-electron chi connectivity index (χ4n) is 2.14. The van der Waals surface area contributed by atoms with E-state index < -0.39 is 0 Å². The second kappa shape index (κ2) is 5.67. The second-order valence-corrected chi connectivity index (χ2v) is 4.65. The molecule has 1 N–H and O–H groups in total. The molecule has 0 aliphatic rings. The van der Waals surface area contributed by atoms with Gasteiger partial charge in [-0.05, 0) is 36.6 Å². The van der Waals surface area contributed by atoms with Crippen LogP contribution in [0, 0.1) is 5.92 Å². The quantitative estimate of drug-likeness (QED) is 0.834. The van der Waals surface area contributed by atoms with Crippen LogP contribution in [-0.4, -0.2) is 11.5 Å². The number of hydrogen-bond acceptors (Lipinski definition) is 2. The summed E-state index contributed by atoms with van der Waals surface area (Å²) < 4.78 is 0. The first-order valence-electron chi connectivity index (χ1n) is 6.39. The molecular formula is C15H20N2. The molecule has 17 heavy (non-hydrogen) atoms. The van der Waals surface area contributed by atoms with E-state index in [2.05, 4.69) is 48.4 Å². The van der Waals surface area contributed by atoms with Crippen LogP contribution in [-0.2, 0) is 0 Å². The minimum absolute atomic E-state index is 0.715. The fourth-order valence-corrected chi connectivity index (χ4v) is 2.14. The average molecular weight is 228 g/mol. The molecule has 90 valence electrons. The molecule has 2 heteroatoms. The Morgan fingerprint density at radius 2 is 2.12 bits per heavy atom. The van der Waals surface area contributed by atoms with Crippen LogP contribution in [0.2, 0.25) is 0 Å². The van der Waals surface area contributed by atoms with E-state index in [4.69, 9.17) is 0 Å². The second-order valence-electron chi connectivity index (χ2n) is 4.65. The van der Waals surface area contributed by atoms with Crippen LogP contribution in [0.4, 0.5) is 5.69 Å². The van der Waals surface area contributed by atoms with Gasteiger partial charge in [-0.2, -0.15) is 0 Å². The van der Waals surface area contributed by atoms with Crippen molar-refractivity contribution in [3.05, 3.63) is 36.5 Å². The fraction of sp³-hybridized carbons (Fsp3) is 0.400. The van der Waals surface area contributed by atoms with Crippen molar-refractivity contribution >= 4 is 16.6 Å². The molecule has 0 saturated heterocycles. The van der Waals surface area contributed by atoms with E-state index in [0.717, 1.165) is 12.1 Å². The van der Waals surface area contributed by atoms with Gasteiger partial charge < -0.3 is 5.32 Å². The van der Waals surface area contributed by atoms with Gasteiger partial charge in [0.2, 0.25) is 0 Å². The number of nitrogens with zero attached hydrogens (tertiary/aromatic N) is 1. The summed E-state index contributed by atoms with van der Waals surface area (Å²) in [6.07, 6.45) is 4.36. The average Bonchev–Trinajstić information content (AvgIpc) is 2.36. The van der Waals surface area contributed by atoms with Crippen molar-refractivity contribution in [2.75, 3.05) is 11.9 Å². The highest BCUT2D eigenvalue weighted by Crippen LogP contribution is 2.21. The van der Waals surface area contributed by atoms with Crippen LogP contribution >= 0.6 is 0 Å². The van der Waals surface area contributed by atoms with Crippen LogP contribution in [0.15, 0.2) is 36.5 Å². The molecule has 0 saturated carbocycles. The lowest BCUT2D eigenvalue weighted by Crippen LogP contribution is -2.11. The minimum Gasteiger partial charge on any atom is -0.384 e. The Morgan fingerprint density at radius 1 is 1.24 bits per heavy atom. The maximum atomic E-state index is 4.37. The van der Waals surface area contributed by atoms with Crippen molar-refractivity contribution in [3.63, 3.8) is 0 Å². The van der Waals surface area contributed by atoms with E-state index in [1.165, 1.54) is 23.9 Å². The van der Waals surface area contributed by atoms with Gasteiger partial charge in [0.15, 0.2) is 0 Å². The number of nitrogens with one attached hydrogen (secondary N) is 1. The molecule has 1 heterocycles. The van der Waals surface area contributed by atoms with Gasteiger partial charge in [-0.25, -0.2) is 0 Å². The Hall–Kier alpha value is -1.57. The molecule has 2 aromatic rings. The molecule has 2 nitrogen and oxygen atoms in total. The minimum atomic E-state index is 0.715. The van der Waals surface area contributed by atoms with E-state index >= 15 is 0 Å². The third-order valence-electron chi connectivity index (χ3n) is 3.07. The predicted octanol–water partition coefficient (Wildman–Crippen LogP) is 4.08. The Bertz CT molecular complexity index is 474. The third kappa shape index (κ3) is 2.96. The van der Waals surface area contributed by atoms with Crippen molar-refractivity contribution in [3.8, 4) is 0 Å². The van der Waals surface area contributed by atoms with Crippen molar-refractivity contribution < 1.29 is 0 Å². The Morgan fingerprint density at radius 3 is 2.94 bits per heavy atom. The Balaban J connectivity index is 2.13. The van der Waals surface area contributed by atoms with Crippen molar-refractivity contribution in [2.45, 2.75) is 26.7 Å². The summed E-state index contributed by atoms with van der Waals surface area (Å²) in [5.74, 6) is 0.715. The molecule has 0 radical (unpaired) electrons. The van der Waals surface area contributed by atoms with Crippen LogP contribution in [0.5, 0.6) is 0 Å². The summed E-state index contributed by atoms with van der Waals surface area (Å²) in [5, 5.41) is 4.74. The monoisotopic (exact) mass is 228 g/mol. The van der Waals surface area contributed by atoms with Crippen LogP contribution in [0.3, 0.4) is 0 Å². The molecule has 0 bridgehead atoms. The highest BCUT2D eigenvalue weighted by Gasteiger charge is 2.03. The lowest BCUT2D eigenvalue weighted by molar-refractivity contribution is 0.551. The Kier molecular flexibility index (Phi) is 3.97. The van der Waals surface area contributed by atoms with Crippen LogP contribution in [0.25, 0.3) is 10.9 Å². The first-order chi connectivity index (χ1) is 8.31. The molecule has 0 fully saturated rings. The number of aromatic nitrogens is 1. The van der Waals surface area contributed by atoms with Gasteiger partial charge in [0.05, 0.1) is 5.52 Å². The third-order valence-corrected chi connectivity index (χ3v) is 3.07. The summed E-state index contributed by atoms with van der Waals surface area (Å²) in [5.41, 5.74) is 2.25. The molecule has 0 aliphatic heterocycles. The van der Waals surface area contributed by atoms with Gasteiger partial charge in [0.25, 0.3) is 0 Å². The maximum absolute atomic E-state index is 4.37. The van der Waals surface area contributed by atoms with Gasteiger partial charge in [-0.1, -0.05) is 26.3 Å². The maximum Gasteiger partial charge on any atom is 0.0722 e. The summed E-state index contributed by atoms with van der Waals surface area (Å²) in [6, 6.07) is 10.3. The van der Waals surface area contributed by atoms with E-state index in [1.807, 2.05) is 12.3 Å². The molecule has 1 aromatic heterocycles. The number of hydrogen-bond donors (Lipinski definition) is 1. The van der Waals surface area contributed by atoms with E-state index in [9.17, 15) is 0 Å². The number of rotatable bonds is 5. The predicted molar refractivity (Wildman–Crippen MR) is 74.3 cm³/mol. The van der Waals surface area contributed by atoms with Gasteiger partial charge in [0, 0.05) is 23.8 Å². The van der Waals surface area contributed by atoms with E-state index in [-0.39, 0.29) is 0 Å².